The molecule has 35 heavy (non-hydrogen) atoms. The lowest BCUT2D eigenvalue weighted by molar-refractivity contribution is 0.135. The van der Waals surface area contributed by atoms with Crippen LogP contribution in [0.15, 0.2) is 66.7 Å². The largest absolute Gasteiger partial charge is 0.494 e. The third-order valence-electron chi connectivity index (χ3n) is 6.11. The van der Waals surface area contributed by atoms with Crippen molar-refractivity contribution in [3.05, 3.63) is 93.6 Å². The summed E-state index contributed by atoms with van der Waals surface area (Å²) in [7, 11) is 0. The molecule has 2 heterocycles. The van der Waals surface area contributed by atoms with E-state index in [2.05, 4.69) is 4.98 Å². The van der Waals surface area contributed by atoms with Crippen molar-refractivity contribution in [3.8, 4) is 11.5 Å². The Morgan fingerprint density at radius 3 is 2.46 bits per heavy atom. The molecule has 3 aromatic carbocycles. The predicted molar refractivity (Wildman–Crippen MR) is 137 cm³/mol. The normalized spacial score (nSPS) is 15.2. The maximum Gasteiger partial charge on any atom is 0.416 e. The van der Waals surface area contributed by atoms with Crippen molar-refractivity contribution in [3.63, 3.8) is 0 Å². The summed E-state index contributed by atoms with van der Waals surface area (Å²) in [6.07, 6.45) is 0.794. The molecule has 4 aromatic rings. The summed E-state index contributed by atoms with van der Waals surface area (Å²) in [5.41, 5.74) is 3.98. The van der Waals surface area contributed by atoms with Crippen LogP contribution in [0.25, 0.3) is 10.9 Å². The summed E-state index contributed by atoms with van der Waals surface area (Å²) in [6.45, 7) is 1.00. The number of rotatable bonds is 6. The minimum absolute atomic E-state index is 0.0814. The van der Waals surface area contributed by atoms with E-state index in [9.17, 15) is 4.79 Å². The van der Waals surface area contributed by atoms with Crippen molar-refractivity contribution >= 4 is 40.2 Å². The van der Waals surface area contributed by atoms with Crippen molar-refractivity contribution in [1.82, 2.24) is 9.88 Å². The molecule has 1 amide bonds. The molecule has 1 aromatic heterocycles. The van der Waals surface area contributed by atoms with Gasteiger partial charge < -0.3 is 19.6 Å². The van der Waals surface area contributed by atoms with Gasteiger partial charge in [-0.3, -0.25) is 4.90 Å². The summed E-state index contributed by atoms with van der Waals surface area (Å²) in [5, 5.41) is 11.3. The molecule has 1 aliphatic heterocycles. The highest BCUT2D eigenvalue weighted by Gasteiger charge is 2.35. The molecule has 6 nitrogen and oxygen atoms in total. The molecule has 1 aliphatic rings. The Morgan fingerprint density at radius 1 is 1.00 bits per heavy atom. The van der Waals surface area contributed by atoms with Gasteiger partial charge in [0.2, 0.25) is 0 Å². The van der Waals surface area contributed by atoms with E-state index in [-0.39, 0.29) is 12.6 Å². The van der Waals surface area contributed by atoms with Gasteiger partial charge >= 0.3 is 6.09 Å². The van der Waals surface area contributed by atoms with Gasteiger partial charge in [-0.05, 0) is 72.1 Å². The van der Waals surface area contributed by atoms with Crippen LogP contribution in [-0.2, 0) is 6.42 Å². The number of amides is 1. The van der Waals surface area contributed by atoms with Gasteiger partial charge in [-0.25, -0.2) is 4.79 Å². The first kappa shape index (κ1) is 23.5. The maximum atomic E-state index is 13.3. The number of nitrogens with zero attached hydrogens (tertiary/aromatic N) is 1. The SMILES string of the molecule is O=C(Oc1ccc(Cl)cc1)N1CCc2c([nH]c3ccc(Cl)cc23)C1c1ccc(OCCCO)cc1. The lowest BCUT2D eigenvalue weighted by atomic mass is 9.92. The second kappa shape index (κ2) is 10.2. The Bertz CT molecular complexity index is 1340. The summed E-state index contributed by atoms with van der Waals surface area (Å²) >= 11 is 12.3. The first-order chi connectivity index (χ1) is 17.0. The van der Waals surface area contributed by atoms with Crippen molar-refractivity contribution in [2.45, 2.75) is 18.9 Å². The number of benzene rings is 3. The van der Waals surface area contributed by atoms with Gasteiger partial charge in [0.1, 0.15) is 17.5 Å². The van der Waals surface area contributed by atoms with Crippen molar-refractivity contribution in [1.29, 1.82) is 0 Å². The summed E-state index contributed by atoms with van der Waals surface area (Å²) in [6, 6.07) is 19.8. The van der Waals surface area contributed by atoms with Gasteiger partial charge in [0.25, 0.3) is 0 Å². The number of aliphatic hydroxyl groups excluding tert-OH is 1. The van der Waals surface area contributed by atoms with Crippen LogP contribution in [0, 0.1) is 0 Å². The highest BCUT2D eigenvalue weighted by atomic mass is 35.5. The average Bonchev–Trinajstić information content (AvgIpc) is 3.23. The van der Waals surface area contributed by atoms with Gasteiger partial charge in [-0.1, -0.05) is 35.3 Å². The smallest absolute Gasteiger partial charge is 0.416 e. The van der Waals surface area contributed by atoms with E-state index in [1.807, 2.05) is 42.5 Å². The van der Waals surface area contributed by atoms with E-state index >= 15 is 0 Å². The number of carbonyl (C=O) groups excluding carboxylic acids is 1. The standard InChI is InChI=1S/C27H24Cl2N2O4/c28-18-4-9-21(10-5-18)35-27(33)31-13-12-22-23-16-19(29)6-11-24(23)30-25(22)26(31)17-2-7-20(8-3-17)34-15-1-14-32/h2-11,16,26,30,32H,1,12-15H2. The quantitative estimate of drug-likeness (QED) is 0.295. The van der Waals surface area contributed by atoms with Gasteiger partial charge in [0.15, 0.2) is 0 Å². The van der Waals surface area contributed by atoms with Crippen LogP contribution < -0.4 is 9.47 Å². The first-order valence-corrected chi connectivity index (χ1v) is 12.2. The maximum absolute atomic E-state index is 13.3. The first-order valence-electron chi connectivity index (χ1n) is 11.4. The lowest BCUT2D eigenvalue weighted by Crippen LogP contribution is -2.42. The van der Waals surface area contributed by atoms with Crippen molar-refractivity contribution in [2.24, 2.45) is 0 Å². The van der Waals surface area contributed by atoms with Crippen LogP contribution in [-0.4, -0.2) is 40.8 Å². The molecule has 5 rings (SSSR count). The molecular weight excluding hydrogens is 487 g/mol. The topological polar surface area (TPSA) is 74.8 Å². The zero-order valence-corrected chi connectivity index (χ0v) is 20.4. The number of ether oxygens (including phenoxy) is 2. The second-order valence-corrected chi connectivity index (χ2v) is 9.24. The van der Waals surface area contributed by atoms with Crippen molar-refractivity contribution in [2.75, 3.05) is 19.8 Å². The van der Waals surface area contributed by atoms with Crippen molar-refractivity contribution < 1.29 is 19.4 Å². The van der Waals surface area contributed by atoms with Crippen LogP contribution >= 0.6 is 23.2 Å². The van der Waals surface area contributed by atoms with Gasteiger partial charge in [-0.15, -0.1) is 0 Å². The molecule has 0 radical (unpaired) electrons. The fraction of sp³-hybridized carbons (Fsp3) is 0.222. The number of aromatic amines is 1. The summed E-state index contributed by atoms with van der Waals surface area (Å²) in [4.78, 5) is 18.6. The van der Waals surface area contributed by atoms with E-state index in [4.69, 9.17) is 37.8 Å². The Morgan fingerprint density at radius 2 is 1.71 bits per heavy atom. The molecule has 2 N–H and O–H groups in total. The third kappa shape index (κ3) is 4.96. The molecule has 180 valence electrons. The Kier molecular flexibility index (Phi) is 6.86. The molecule has 0 fully saturated rings. The summed E-state index contributed by atoms with van der Waals surface area (Å²) in [5.74, 6) is 1.14. The van der Waals surface area contributed by atoms with Crippen LogP contribution in [0.2, 0.25) is 10.0 Å². The van der Waals surface area contributed by atoms with E-state index < -0.39 is 6.09 Å². The predicted octanol–water partition coefficient (Wildman–Crippen LogP) is 6.38. The zero-order valence-electron chi connectivity index (χ0n) is 18.8. The molecule has 1 atom stereocenters. The lowest BCUT2D eigenvalue weighted by Gasteiger charge is -2.35. The molecule has 0 aliphatic carbocycles. The number of aliphatic hydroxyl groups is 1. The minimum atomic E-state index is -0.442. The minimum Gasteiger partial charge on any atom is -0.494 e. The fourth-order valence-electron chi connectivity index (χ4n) is 4.47. The molecule has 0 saturated heterocycles. The number of hydrogen-bond donors (Lipinski definition) is 2. The Labute approximate surface area is 213 Å². The number of halogens is 2. The number of nitrogens with one attached hydrogen (secondary N) is 1. The highest BCUT2D eigenvalue weighted by molar-refractivity contribution is 6.31. The monoisotopic (exact) mass is 510 g/mol. The second-order valence-electron chi connectivity index (χ2n) is 8.37. The van der Waals surface area contributed by atoms with Gasteiger partial charge in [0, 0.05) is 46.2 Å². The van der Waals surface area contributed by atoms with Crippen LogP contribution in [0.3, 0.4) is 0 Å². The third-order valence-corrected chi connectivity index (χ3v) is 6.60. The van der Waals surface area contributed by atoms with Gasteiger partial charge in [-0.2, -0.15) is 0 Å². The molecule has 0 saturated carbocycles. The fourth-order valence-corrected chi connectivity index (χ4v) is 4.77. The average molecular weight is 511 g/mol. The van der Waals surface area contributed by atoms with Crippen LogP contribution in [0.1, 0.15) is 29.3 Å². The van der Waals surface area contributed by atoms with E-state index in [1.54, 1.807) is 29.2 Å². The molecular formula is C27H24Cl2N2O4. The number of H-pyrrole nitrogens is 1. The molecule has 8 heteroatoms. The summed E-state index contributed by atoms with van der Waals surface area (Å²) < 4.78 is 11.4. The van der Waals surface area contributed by atoms with Crippen LogP contribution in [0.4, 0.5) is 4.79 Å². The van der Waals surface area contributed by atoms with Gasteiger partial charge in [0.05, 0.1) is 6.61 Å². The molecule has 0 spiro atoms. The molecule has 1 unspecified atom stereocenters. The Hall–Kier alpha value is -3.19. The zero-order chi connectivity index (χ0) is 24.4. The van der Waals surface area contributed by atoms with E-state index in [0.29, 0.717) is 47.5 Å². The number of fused-ring (bicyclic) bond motifs is 3. The molecule has 0 bridgehead atoms. The highest BCUT2D eigenvalue weighted by Crippen LogP contribution is 2.40. The number of carbonyl (C=O) groups is 1. The van der Waals surface area contributed by atoms with E-state index in [0.717, 1.165) is 27.7 Å². The van der Waals surface area contributed by atoms with E-state index in [1.165, 1.54) is 0 Å². The number of hydrogen-bond acceptors (Lipinski definition) is 4. The number of aromatic nitrogens is 1. The van der Waals surface area contributed by atoms with Crippen LogP contribution in [0.5, 0.6) is 11.5 Å². The Balaban J connectivity index is 1.51.